The summed E-state index contributed by atoms with van der Waals surface area (Å²) >= 11 is 1.53. The summed E-state index contributed by atoms with van der Waals surface area (Å²) in [6.45, 7) is 2.78. The van der Waals surface area contributed by atoms with Crippen LogP contribution in [-0.4, -0.2) is 29.0 Å². The van der Waals surface area contributed by atoms with Gasteiger partial charge in [0.25, 0.3) is 0 Å². The van der Waals surface area contributed by atoms with Gasteiger partial charge in [-0.05, 0) is 18.4 Å². The molecule has 0 aliphatic carbocycles. The fraction of sp³-hybridized carbons (Fsp3) is 0.300. The zero-order chi connectivity index (χ0) is 12.3. The lowest BCUT2D eigenvalue weighted by atomic mass is 10.4. The first-order valence-corrected chi connectivity index (χ1v) is 6.10. The number of amides is 1. The van der Waals surface area contributed by atoms with Crippen molar-refractivity contribution in [3.8, 4) is 0 Å². The van der Waals surface area contributed by atoms with Crippen molar-refractivity contribution >= 4 is 39.2 Å². The Balaban J connectivity index is 2.36. The second kappa shape index (κ2) is 4.96. The monoisotopic (exact) mass is 251 g/mol. The summed E-state index contributed by atoms with van der Waals surface area (Å²) in [7, 11) is 0. The van der Waals surface area contributed by atoms with Crippen LogP contribution < -0.4 is 16.4 Å². The molecule has 0 bridgehead atoms. The molecular weight excluding hydrogens is 238 g/mol. The van der Waals surface area contributed by atoms with E-state index in [2.05, 4.69) is 20.6 Å². The number of rotatable bonds is 5. The number of nitrogens with two attached hydrogens (primary N) is 1. The molecular formula is C10H13N5OS. The number of carbonyl (C=O) groups excluding carboxylic acids is 1. The van der Waals surface area contributed by atoms with Crippen molar-refractivity contribution in [1.29, 1.82) is 0 Å². The zero-order valence-corrected chi connectivity index (χ0v) is 10.2. The van der Waals surface area contributed by atoms with Crippen LogP contribution in [0.3, 0.4) is 0 Å². The van der Waals surface area contributed by atoms with Gasteiger partial charge in [-0.25, -0.2) is 4.98 Å². The average Bonchev–Trinajstić information content (AvgIpc) is 2.74. The van der Waals surface area contributed by atoms with E-state index in [1.807, 2.05) is 18.4 Å². The van der Waals surface area contributed by atoms with E-state index in [9.17, 15) is 4.79 Å². The maximum absolute atomic E-state index is 10.8. The van der Waals surface area contributed by atoms with Gasteiger partial charge in [0.2, 0.25) is 11.9 Å². The molecule has 4 N–H and O–H groups in total. The minimum Gasteiger partial charge on any atom is -0.368 e. The van der Waals surface area contributed by atoms with Crippen molar-refractivity contribution in [3.05, 3.63) is 11.4 Å². The Morgan fingerprint density at radius 2 is 2.29 bits per heavy atom. The van der Waals surface area contributed by atoms with Crippen LogP contribution in [0.25, 0.3) is 10.2 Å². The SMILES string of the molecule is CCNc1nc(NCC(N)=O)c2ccsc2n1. The van der Waals surface area contributed by atoms with Crippen molar-refractivity contribution in [1.82, 2.24) is 9.97 Å². The molecule has 0 radical (unpaired) electrons. The topological polar surface area (TPSA) is 92.9 Å². The summed E-state index contributed by atoms with van der Waals surface area (Å²) < 4.78 is 0. The van der Waals surface area contributed by atoms with Crippen molar-refractivity contribution in [2.24, 2.45) is 5.73 Å². The Morgan fingerprint density at radius 1 is 1.47 bits per heavy atom. The molecule has 2 heterocycles. The van der Waals surface area contributed by atoms with Gasteiger partial charge in [-0.15, -0.1) is 11.3 Å². The van der Waals surface area contributed by atoms with E-state index in [0.29, 0.717) is 11.8 Å². The van der Waals surface area contributed by atoms with E-state index in [-0.39, 0.29) is 6.54 Å². The fourth-order valence-corrected chi connectivity index (χ4v) is 2.16. The maximum Gasteiger partial charge on any atom is 0.236 e. The van der Waals surface area contributed by atoms with E-state index in [0.717, 1.165) is 16.8 Å². The Kier molecular flexibility index (Phi) is 3.38. The molecule has 0 aromatic carbocycles. The average molecular weight is 251 g/mol. The lowest BCUT2D eigenvalue weighted by molar-refractivity contribution is -0.116. The smallest absolute Gasteiger partial charge is 0.236 e. The van der Waals surface area contributed by atoms with Gasteiger partial charge in [-0.1, -0.05) is 0 Å². The highest BCUT2D eigenvalue weighted by Gasteiger charge is 2.08. The van der Waals surface area contributed by atoms with Crippen molar-refractivity contribution < 1.29 is 4.79 Å². The minimum absolute atomic E-state index is 0.0630. The molecule has 0 fully saturated rings. The van der Waals surface area contributed by atoms with E-state index in [1.165, 1.54) is 11.3 Å². The summed E-state index contributed by atoms with van der Waals surface area (Å²) in [5, 5.41) is 8.79. The number of carbonyl (C=O) groups is 1. The molecule has 0 unspecified atom stereocenters. The van der Waals surface area contributed by atoms with Crippen LogP contribution in [0.2, 0.25) is 0 Å². The van der Waals surface area contributed by atoms with Crippen molar-refractivity contribution in [2.75, 3.05) is 23.7 Å². The summed E-state index contributed by atoms with van der Waals surface area (Å²) in [6, 6.07) is 1.92. The number of primary amides is 1. The van der Waals surface area contributed by atoms with Crippen LogP contribution in [-0.2, 0) is 4.79 Å². The second-order valence-electron chi connectivity index (χ2n) is 3.39. The summed E-state index contributed by atoms with van der Waals surface area (Å²) in [4.78, 5) is 20.3. The van der Waals surface area contributed by atoms with Crippen LogP contribution in [0.15, 0.2) is 11.4 Å². The quantitative estimate of drug-likeness (QED) is 0.737. The highest BCUT2D eigenvalue weighted by molar-refractivity contribution is 7.16. The molecule has 0 spiro atoms. The van der Waals surface area contributed by atoms with Gasteiger partial charge in [-0.3, -0.25) is 4.79 Å². The molecule has 6 nitrogen and oxygen atoms in total. The number of anilines is 2. The minimum atomic E-state index is -0.419. The van der Waals surface area contributed by atoms with E-state index in [1.54, 1.807) is 0 Å². The molecule has 2 rings (SSSR count). The highest BCUT2D eigenvalue weighted by Crippen LogP contribution is 2.26. The van der Waals surface area contributed by atoms with Crippen LogP contribution in [0, 0.1) is 0 Å². The number of nitrogens with zero attached hydrogens (tertiary/aromatic N) is 2. The Morgan fingerprint density at radius 3 is 3.00 bits per heavy atom. The molecule has 0 saturated carbocycles. The number of nitrogens with one attached hydrogen (secondary N) is 2. The van der Waals surface area contributed by atoms with E-state index < -0.39 is 5.91 Å². The first-order valence-electron chi connectivity index (χ1n) is 5.22. The lowest BCUT2D eigenvalue weighted by Crippen LogP contribution is -2.22. The first kappa shape index (κ1) is 11.6. The Labute approximate surface area is 102 Å². The predicted molar refractivity (Wildman–Crippen MR) is 69.3 cm³/mol. The third-order valence-corrected chi connectivity index (χ3v) is 2.90. The van der Waals surface area contributed by atoms with Crippen LogP contribution >= 0.6 is 11.3 Å². The van der Waals surface area contributed by atoms with Gasteiger partial charge in [0.15, 0.2) is 0 Å². The summed E-state index contributed by atoms with van der Waals surface area (Å²) in [6.07, 6.45) is 0. The number of aromatic nitrogens is 2. The van der Waals surface area contributed by atoms with Crippen LogP contribution in [0.4, 0.5) is 11.8 Å². The molecule has 0 atom stereocenters. The Hall–Kier alpha value is -1.89. The van der Waals surface area contributed by atoms with Gasteiger partial charge in [0.1, 0.15) is 10.6 Å². The molecule has 17 heavy (non-hydrogen) atoms. The zero-order valence-electron chi connectivity index (χ0n) is 9.36. The number of hydrogen-bond acceptors (Lipinski definition) is 6. The van der Waals surface area contributed by atoms with Gasteiger partial charge >= 0.3 is 0 Å². The largest absolute Gasteiger partial charge is 0.368 e. The van der Waals surface area contributed by atoms with E-state index in [4.69, 9.17) is 5.73 Å². The summed E-state index contributed by atoms with van der Waals surface area (Å²) in [5.41, 5.74) is 5.10. The molecule has 0 aliphatic heterocycles. The van der Waals surface area contributed by atoms with Gasteiger partial charge in [0.05, 0.1) is 11.9 Å². The second-order valence-corrected chi connectivity index (χ2v) is 4.28. The van der Waals surface area contributed by atoms with Crippen LogP contribution in [0.1, 0.15) is 6.92 Å². The van der Waals surface area contributed by atoms with Gasteiger partial charge < -0.3 is 16.4 Å². The molecule has 0 saturated heterocycles. The third-order valence-electron chi connectivity index (χ3n) is 2.09. The van der Waals surface area contributed by atoms with E-state index >= 15 is 0 Å². The number of fused-ring (bicyclic) bond motifs is 1. The molecule has 1 amide bonds. The van der Waals surface area contributed by atoms with Crippen molar-refractivity contribution in [2.45, 2.75) is 6.92 Å². The normalized spacial score (nSPS) is 10.4. The molecule has 2 aromatic heterocycles. The van der Waals surface area contributed by atoms with Gasteiger partial charge in [-0.2, -0.15) is 4.98 Å². The summed E-state index contributed by atoms with van der Waals surface area (Å²) in [5.74, 6) is 0.761. The standard InChI is InChI=1S/C10H13N5OS/c1-2-12-10-14-8(13-5-7(11)16)6-3-4-17-9(6)15-10/h3-4H,2,5H2,1H3,(H2,11,16)(H2,12,13,14,15). The maximum atomic E-state index is 10.8. The van der Waals surface area contributed by atoms with Gasteiger partial charge in [0, 0.05) is 6.54 Å². The lowest BCUT2D eigenvalue weighted by Gasteiger charge is -2.07. The third kappa shape index (κ3) is 2.62. The first-order chi connectivity index (χ1) is 8.20. The Bertz CT molecular complexity index is 538. The highest BCUT2D eigenvalue weighted by atomic mass is 32.1. The molecule has 0 aliphatic rings. The number of hydrogen-bond donors (Lipinski definition) is 3. The predicted octanol–water partition coefficient (Wildman–Crippen LogP) is 1.02. The molecule has 2 aromatic rings. The number of thiophene rings is 1. The molecule has 7 heteroatoms. The van der Waals surface area contributed by atoms with Crippen molar-refractivity contribution in [3.63, 3.8) is 0 Å². The fourth-order valence-electron chi connectivity index (χ4n) is 1.40. The van der Waals surface area contributed by atoms with Crippen LogP contribution in [0.5, 0.6) is 0 Å². The molecule has 90 valence electrons.